The normalized spacial score (nSPS) is 25.2. The van der Waals surface area contributed by atoms with Crippen LogP contribution in [0.15, 0.2) is 0 Å². The Morgan fingerprint density at radius 3 is 2.18 bits per heavy atom. The quantitative estimate of drug-likeness (QED) is 0.726. The van der Waals surface area contributed by atoms with Gasteiger partial charge in [-0.1, -0.05) is 39.0 Å². The standard InChI is InChI=1S/C15H30N2/c1-2-16-11-13-17(14-12-16)10-6-9-15-7-4-3-5-8-15/h15H,2-14H2,1H3. The van der Waals surface area contributed by atoms with Gasteiger partial charge in [0.1, 0.15) is 0 Å². The van der Waals surface area contributed by atoms with Crippen LogP contribution in [0, 0.1) is 5.92 Å². The van der Waals surface area contributed by atoms with Crippen LogP contribution in [0.2, 0.25) is 0 Å². The Hall–Kier alpha value is -0.0800. The molecule has 1 saturated carbocycles. The third-order valence-electron chi connectivity index (χ3n) is 4.72. The molecule has 0 unspecified atom stereocenters. The average molecular weight is 238 g/mol. The van der Waals surface area contributed by atoms with E-state index in [0.717, 1.165) is 5.92 Å². The molecule has 0 radical (unpaired) electrons. The van der Waals surface area contributed by atoms with Gasteiger partial charge < -0.3 is 9.80 Å². The molecule has 2 heteroatoms. The molecule has 0 amide bonds. The van der Waals surface area contributed by atoms with Gasteiger partial charge in [-0.15, -0.1) is 0 Å². The Morgan fingerprint density at radius 2 is 1.53 bits per heavy atom. The summed E-state index contributed by atoms with van der Waals surface area (Å²) in [6.07, 6.45) is 10.5. The molecule has 1 aliphatic heterocycles. The lowest BCUT2D eigenvalue weighted by Crippen LogP contribution is -2.46. The second-order valence-electron chi connectivity index (χ2n) is 5.92. The molecular weight excluding hydrogens is 208 g/mol. The minimum Gasteiger partial charge on any atom is -0.301 e. The van der Waals surface area contributed by atoms with Gasteiger partial charge in [-0.3, -0.25) is 0 Å². The van der Waals surface area contributed by atoms with Crippen LogP contribution in [-0.2, 0) is 0 Å². The maximum Gasteiger partial charge on any atom is 0.0110 e. The molecule has 2 aliphatic rings. The van der Waals surface area contributed by atoms with E-state index in [1.807, 2.05) is 0 Å². The third kappa shape index (κ3) is 4.59. The van der Waals surface area contributed by atoms with E-state index in [-0.39, 0.29) is 0 Å². The molecule has 0 aromatic rings. The highest BCUT2D eigenvalue weighted by molar-refractivity contribution is 4.72. The molecular formula is C15H30N2. The fourth-order valence-corrected chi connectivity index (χ4v) is 3.41. The maximum absolute atomic E-state index is 2.68. The first-order valence-corrected chi connectivity index (χ1v) is 7.83. The maximum atomic E-state index is 2.68. The van der Waals surface area contributed by atoms with Crippen LogP contribution in [-0.4, -0.2) is 49.1 Å². The minimum atomic E-state index is 1.07. The highest BCUT2D eigenvalue weighted by Gasteiger charge is 2.16. The first kappa shape index (κ1) is 13.4. The highest BCUT2D eigenvalue weighted by Crippen LogP contribution is 2.27. The largest absolute Gasteiger partial charge is 0.301 e. The molecule has 0 N–H and O–H groups in total. The number of hydrogen-bond acceptors (Lipinski definition) is 2. The smallest absolute Gasteiger partial charge is 0.0110 e. The Balaban J connectivity index is 1.53. The van der Waals surface area contributed by atoms with E-state index >= 15 is 0 Å². The summed E-state index contributed by atoms with van der Waals surface area (Å²) in [5, 5.41) is 0. The van der Waals surface area contributed by atoms with Gasteiger partial charge in [0.15, 0.2) is 0 Å². The molecule has 2 nitrogen and oxygen atoms in total. The van der Waals surface area contributed by atoms with Crippen LogP contribution in [0.1, 0.15) is 51.9 Å². The molecule has 0 aromatic heterocycles. The number of likely N-dealkylation sites (N-methyl/N-ethyl adjacent to an activating group) is 1. The van der Waals surface area contributed by atoms with Gasteiger partial charge in [0.05, 0.1) is 0 Å². The van der Waals surface area contributed by atoms with Crippen LogP contribution in [0.25, 0.3) is 0 Å². The van der Waals surface area contributed by atoms with Crippen molar-refractivity contribution in [1.29, 1.82) is 0 Å². The molecule has 1 saturated heterocycles. The molecule has 100 valence electrons. The molecule has 0 atom stereocenters. The highest BCUT2D eigenvalue weighted by atomic mass is 15.3. The van der Waals surface area contributed by atoms with Crippen molar-refractivity contribution in [2.24, 2.45) is 5.92 Å². The van der Waals surface area contributed by atoms with Crippen molar-refractivity contribution in [3.05, 3.63) is 0 Å². The summed E-state index contributed by atoms with van der Waals surface area (Å²) >= 11 is 0. The lowest BCUT2D eigenvalue weighted by Gasteiger charge is -2.34. The van der Waals surface area contributed by atoms with Gasteiger partial charge >= 0.3 is 0 Å². The predicted molar refractivity (Wildman–Crippen MR) is 74.4 cm³/mol. The van der Waals surface area contributed by atoms with Crippen molar-refractivity contribution >= 4 is 0 Å². The lowest BCUT2D eigenvalue weighted by molar-refractivity contribution is 0.133. The van der Waals surface area contributed by atoms with Gasteiger partial charge in [0.25, 0.3) is 0 Å². The van der Waals surface area contributed by atoms with Crippen LogP contribution in [0.3, 0.4) is 0 Å². The van der Waals surface area contributed by atoms with Crippen LogP contribution in [0.5, 0.6) is 0 Å². The van der Waals surface area contributed by atoms with Crippen LogP contribution < -0.4 is 0 Å². The number of nitrogens with zero attached hydrogens (tertiary/aromatic N) is 2. The molecule has 2 rings (SSSR count). The van der Waals surface area contributed by atoms with E-state index in [1.54, 1.807) is 0 Å². The van der Waals surface area contributed by atoms with Gasteiger partial charge in [0, 0.05) is 26.2 Å². The van der Waals surface area contributed by atoms with E-state index < -0.39 is 0 Å². The van der Waals surface area contributed by atoms with E-state index in [0.29, 0.717) is 0 Å². The summed E-state index contributed by atoms with van der Waals surface area (Å²) in [5.41, 5.74) is 0. The Kier molecular flexibility index (Phi) is 5.79. The Morgan fingerprint density at radius 1 is 0.882 bits per heavy atom. The van der Waals surface area contributed by atoms with E-state index in [4.69, 9.17) is 0 Å². The molecule has 0 spiro atoms. The van der Waals surface area contributed by atoms with Gasteiger partial charge in [0.2, 0.25) is 0 Å². The number of rotatable bonds is 5. The summed E-state index contributed by atoms with van der Waals surface area (Å²) in [6.45, 7) is 10.1. The number of hydrogen-bond donors (Lipinski definition) is 0. The Bertz CT molecular complexity index is 191. The van der Waals surface area contributed by atoms with Gasteiger partial charge in [-0.05, 0) is 31.8 Å². The summed E-state index contributed by atoms with van der Waals surface area (Å²) < 4.78 is 0. The second kappa shape index (κ2) is 7.38. The molecule has 17 heavy (non-hydrogen) atoms. The zero-order valence-electron chi connectivity index (χ0n) is 11.7. The van der Waals surface area contributed by atoms with Crippen molar-refractivity contribution in [2.45, 2.75) is 51.9 Å². The van der Waals surface area contributed by atoms with Crippen molar-refractivity contribution in [2.75, 3.05) is 39.3 Å². The van der Waals surface area contributed by atoms with Crippen molar-refractivity contribution in [3.63, 3.8) is 0 Å². The third-order valence-corrected chi connectivity index (χ3v) is 4.72. The van der Waals surface area contributed by atoms with Crippen LogP contribution in [0.4, 0.5) is 0 Å². The fourth-order valence-electron chi connectivity index (χ4n) is 3.41. The van der Waals surface area contributed by atoms with E-state index in [2.05, 4.69) is 16.7 Å². The first-order chi connectivity index (χ1) is 8.38. The van der Waals surface area contributed by atoms with Crippen molar-refractivity contribution in [3.8, 4) is 0 Å². The lowest BCUT2D eigenvalue weighted by atomic mass is 9.86. The first-order valence-electron chi connectivity index (χ1n) is 7.83. The Labute approximate surface area is 107 Å². The topological polar surface area (TPSA) is 6.48 Å². The summed E-state index contributed by atoms with van der Waals surface area (Å²) in [7, 11) is 0. The predicted octanol–water partition coefficient (Wildman–Crippen LogP) is 2.98. The average Bonchev–Trinajstić information content (AvgIpc) is 2.41. The zero-order chi connectivity index (χ0) is 11.9. The fraction of sp³-hybridized carbons (Fsp3) is 1.00. The van der Waals surface area contributed by atoms with E-state index in [1.165, 1.54) is 84.2 Å². The SMILES string of the molecule is CCN1CCN(CCCC2CCCCC2)CC1. The molecule has 1 aliphatic carbocycles. The number of piperazine rings is 1. The molecule has 0 bridgehead atoms. The zero-order valence-corrected chi connectivity index (χ0v) is 11.7. The second-order valence-corrected chi connectivity index (χ2v) is 5.92. The summed E-state index contributed by atoms with van der Waals surface area (Å²) in [6, 6.07) is 0. The molecule has 1 heterocycles. The van der Waals surface area contributed by atoms with E-state index in [9.17, 15) is 0 Å². The molecule has 0 aromatic carbocycles. The van der Waals surface area contributed by atoms with Gasteiger partial charge in [-0.2, -0.15) is 0 Å². The minimum absolute atomic E-state index is 1.07. The molecule has 2 fully saturated rings. The summed E-state index contributed by atoms with van der Waals surface area (Å²) in [4.78, 5) is 5.24. The van der Waals surface area contributed by atoms with Crippen LogP contribution >= 0.6 is 0 Å². The van der Waals surface area contributed by atoms with Gasteiger partial charge in [-0.25, -0.2) is 0 Å². The van der Waals surface area contributed by atoms with Crippen molar-refractivity contribution in [1.82, 2.24) is 9.80 Å². The van der Waals surface area contributed by atoms with Crippen molar-refractivity contribution < 1.29 is 0 Å². The summed E-state index contributed by atoms with van der Waals surface area (Å²) in [5.74, 6) is 1.07. The monoisotopic (exact) mass is 238 g/mol.